The lowest BCUT2D eigenvalue weighted by molar-refractivity contribution is 0.0203. The first-order valence-corrected chi connectivity index (χ1v) is 10.0. The van der Waals surface area contributed by atoms with Crippen molar-refractivity contribution in [1.82, 2.24) is 10.2 Å². The summed E-state index contributed by atoms with van der Waals surface area (Å²) in [6.45, 7) is 6.50. The summed E-state index contributed by atoms with van der Waals surface area (Å²) in [5.41, 5.74) is 1.44. The molecule has 27 heavy (non-hydrogen) atoms. The zero-order chi connectivity index (χ0) is 18.0. The molecule has 0 radical (unpaired) electrons. The SMILES string of the molecule is CN=C(NCCCOCC1CCOCC1)N1CCC(c2ccccc2)C1.I. The molecule has 1 unspecified atom stereocenters. The van der Waals surface area contributed by atoms with E-state index >= 15 is 0 Å². The van der Waals surface area contributed by atoms with Crippen LogP contribution >= 0.6 is 24.0 Å². The Morgan fingerprint density at radius 2 is 2.00 bits per heavy atom. The van der Waals surface area contributed by atoms with Crippen LogP contribution in [0.5, 0.6) is 0 Å². The molecule has 0 amide bonds. The summed E-state index contributed by atoms with van der Waals surface area (Å²) in [6.07, 6.45) is 4.49. The molecule has 5 nitrogen and oxygen atoms in total. The molecule has 2 heterocycles. The highest BCUT2D eigenvalue weighted by Gasteiger charge is 2.25. The lowest BCUT2D eigenvalue weighted by atomic mass is 9.99. The fourth-order valence-electron chi connectivity index (χ4n) is 3.82. The number of aliphatic imine (C=N–C) groups is 1. The van der Waals surface area contributed by atoms with Crippen LogP contribution in [0.2, 0.25) is 0 Å². The summed E-state index contributed by atoms with van der Waals surface area (Å²) in [5, 5.41) is 3.50. The van der Waals surface area contributed by atoms with Gasteiger partial charge in [-0.3, -0.25) is 4.99 Å². The molecule has 2 fully saturated rings. The number of nitrogens with one attached hydrogen (secondary N) is 1. The standard InChI is InChI=1S/C21H33N3O2.HI/c1-22-21(23-11-5-13-26-17-18-9-14-25-15-10-18)24-12-8-20(16-24)19-6-3-2-4-7-19;/h2-4,6-7,18,20H,5,8-17H2,1H3,(H,22,23);1H. The molecule has 0 spiro atoms. The predicted octanol–water partition coefficient (Wildman–Crippen LogP) is 3.50. The fraction of sp³-hybridized carbons (Fsp3) is 0.667. The molecule has 2 aliphatic rings. The van der Waals surface area contributed by atoms with Crippen molar-refractivity contribution in [3.05, 3.63) is 35.9 Å². The monoisotopic (exact) mass is 487 g/mol. The third kappa shape index (κ3) is 7.23. The van der Waals surface area contributed by atoms with Crippen molar-refractivity contribution in [3.63, 3.8) is 0 Å². The lowest BCUT2D eigenvalue weighted by Crippen LogP contribution is -2.40. The molecule has 1 atom stereocenters. The van der Waals surface area contributed by atoms with Gasteiger partial charge in [-0.2, -0.15) is 0 Å². The maximum atomic E-state index is 5.84. The van der Waals surface area contributed by atoms with Gasteiger partial charge in [0, 0.05) is 59.0 Å². The van der Waals surface area contributed by atoms with E-state index in [0.717, 1.165) is 71.3 Å². The van der Waals surface area contributed by atoms with E-state index in [1.165, 1.54) is 12.0 Å². The van der Waals surface area contributed by atoms with Crippen molar-refractivity contribution in [2.45, 2.75) is 31.6 Å². The number of hydrogen-bond acceptors (Lipinski definition) is 3. The third-order valence-corrected chi connectivity index (χ3v) is 5.41. The normalized spacial score (nSPS) is 21.1. The molecular formula is C21H34IN3O2. The highest BCUT2D eigenvalue weighted by atomic mass is 127. The van der Waals surface area contributed by atoms with E-state index in [9.17, 15) is 0 Å². The highest BCUT2D eigenvalue weighted by molar-refractivity contribution is 14.0. The molecule has 0 aliphatic carbocycles. The Bertz CT molecular complexity index is 550. The second kappa shape index (κ2) is 12.6. The topological polar surface area (TPSA) is 46.1 Å². The quantitative estimate of drug-likeness (QED) is 0.277. The predicted molar refractivity (Wildman–Crippen MR) is 121 cm³/mol. The third-order valence-electron chi connectivity index (χ3n) is 5.41. The van der Waals surface area contributed by atoms with E-state index in [-0.39, 0.29) is 24.0 Å². The van der Waals surface area contributed by atoms with Crippen molar-refractivity contribution in [2.75, 3.05) is 53.1 Å². The number of hydrogen-bond donors (Lipinski definition) is 1. The first-order chi connectivity index (χ1) is 12.9. The molecule has 2 aliphatic heterocycles. The van der Waals surface area contributed by atoms with Crippen LogP contribution in [0.4, 0.5) is 0 Å². The van der Waals surface area contributed by atoms with Gasteiger partial charge in [0.2, 0.25) is 0 Å². The van der Waals surface area contributed by atoms with Crippen LogP contribution in [-0.2, 0) is 9.47 Å². The van der Waals surface area contributed by atoms with E-state index in [0.29, 0.717) is 11.8 Å². The van der Waals surface area contributed by atoms with E-state index < -0.39 is 0 Å². The van der Waals surface area contributed by atoms with Crippen molar-refractivity contribution in [3.8, 4) is 0 Å². The summed E-state index contributed by atoms with van der Waals surface area (Å²) in [5.74, 6) is 2.31. The molecule has 3 rings (SSSR count). The van der Waals surface area contributed by atoms with Gasteiger partial charge >= 0.3 is 0 Å². The van der Waals surface area contributed by atoms with Crippen LogP contribution in [0, 0.1) is 5.92 Å². The molecular weight excluding hydrogens is 453 g/mol. The molecule has 152 valence electrons. The maximum absolute atomic E-state index is 5.84. The highest BCUT2D eigenvalue weighted by Crippen LogP contribution is 2.26. The molecule has 1 aromatic rings. The summed E-state index contributed by atoms with van der Waals surface area (Å²) < 4.78 is 11.2. The minimum atomic E-state index is 0. The van der Waals surface area contributed by atoms with Gasteiger partial charge < -0.3 is 19.7 Å². The Morgan fingerprint density at radius 3 is 2.74 bits per heavy atom. The van der Waals surface area contributed by atoms with E-state index in [1.807, 2.05) is 7.05 Å². The molecule has 1 N–H and O–H groups in total. The van der Waals surface area contributed by atoms with Gasteiger partial charge in [0.1, 0.15) is 0 Å². The van der Waals surface area contributed by atoms with Gasteiger partial charge in [-0.15, -0.1) is 24.0 Å². The maximum Gasteiger partial charge on any atom is 0.193 e. The second-order valence-corrected chi connectivity index (χ2v) is 7.30. The fourth-order valence-corrected chi connectivity index (χ4v) is 3.82. The largest absolute Gasteiger partial charge is 0.381 e. The van der Waals surface area contributed by atoms with Gasteiger partial charge in [-0.1, -0.05) is 30.3 Å². The molecule has 1 aromatic carbocycles. The summed E-state index contributed by atoms with van der Waals surface area (Å²) >= 11 is 0. The number of ether oxygens (including phenoxy) is 2. The zero-order valence-electron chi connectivity index (χ0n) is 16.4. The van der Waals surface area contributed by atoms with Crippen LogP contribution in [0.3, 0.4) is 0 Å². The second-order valence-electron chi connectivity index (χ2n) is 7.30. The lowest BCUT2D eigenvalue weighted by Gasteiger charge is -2.23. The van der Waals surface area contributed by atoms with Gasteiger partial charge in [-0.25, -0.2) is 0 Å². The Hall–Kier alpha value is -0.860. The summed E-state index contributed by atoms with van der Waals surface area (Å²) in [6, 6.07) is 10.8. The number of halogens is 1. The van der Waals surface area contributed by atoms with Crippen molar-refractivity contribution in [2.24, 2.45) is 10.9 Å². The number of likely N-dealkylation sites (tertiary alicyclic amines) is 1. The molecule has 6 heteroatoms. The molecule has 0 aromatic heterocycles. The first-order valence-electron chi connectivity index (χ1n) is 10.0. The minimum Gasteiger partial charge on any atom is -0.381 e. The number of guanidine groups is 1. The van der Waals surface area contributed by atoms with Crippen LogP contribution in [0.15, 0.2) is 35.3 Å². The van der Waals surface area contributed by atoms with E-state index in [2.05, 4.69) is 45.5 Å². The number of rotatable bonds is 7. The number of benzene rings is 1. The van der Waals surface area contributed by atoms with Crippen LogP contribution in [0.25, 0.3) is 0 Å². The molecule has 0 bridgehead atoms. The Kier molecular flexibility index (Phi) is 10.4. The number of nitrogens with zero attached hydrogens (tertiary/aromatic N) is 2. The Labute approximate surface area is 180 Å². The van der Waals surface area contributed by atoms with Crippen LogP contribution in [-0.4, -0.2) is 64.0 Å². The van der Waals surface area contributed by atoms with Crippen molar-refractivity contribution < 1.29 is 9.47 Å². The van der Waals surface area contributed by atoms with E-state index in [1.54, 1.807) is 0 Å². The van der Waals surface area contributed by atoms with Gasteiger partial charge in [0.05, 0.1) is 0 Å². The van der Waals surface area contributed by atoms with E-state index in [4.69, 9.17) is 9.47 Å². The average Bonchev–Trinajstić information content (AvgIpc) is 3.19. The smallest absolute Gasteiger partial charge is 0.193 e. The van der Waals surface area contributed by atoms with Gasteiger partial charge in [0.15, 0.2) is 5.96 Å². The van der Waals surface area contributed by atoms with Crippen LogP contribution in [0.1, 0.15) is 37.2 Å². The zero-order valence-corrected chi connectivity index (χ0v) is 18.8. The molecule has 0 saturated carbocycles. The van der Waals surface area contributed by atoms with Crippen molar-refractivity contribution >= 4 is 29.9 Å². The van der Waals surface area contributed by atoms with Gasteiger partial charge in [-0.05, 0) is 37.2 Å². The minimum absolute atomic E-state index is 0. The van der Waals surface area contributed by atoms with Gasteiger partial charge in [0.25, 0.3) is 0 Å². The summed E-state index contributed by atoms with van der Waals surface area (Å²) in [7, 11) is 1.87. The first kappa shape index (κ1) is 22.4. The van der Waals surface area contributed by atoms with Crippen molar-refractivity contribution in [1.29, 1.82) is 0 Å². The summed E-state index contributed by atoms with van der Waals surface area (Å²) in [4.78, 5) is 6.84. The molecule has 2 saturated heterocycles. The average molecular weight is 487 g/mol. The Balaban J connectivity index is 0.00000261. The van der Waals surface area contributed by atoms with Crippen LogP contribution < -0.4 is 5.32 Å². The Morgan fingerprint density at radius 1 is 1.22 bits per heavy atom.